The van der Waals surface area contributed by atoms with Crippen LogP contribution in [0.15, 0.2) is 44.1 Å². The first-order chi connectivity index (χ1) is 8.58. The summed E-state index contributed by atoms with van der Waals surface area (Å²) in [4.78, 5) is 26.2. The minimum absolute atomic E-state index is 0.335. The fourth-order valence-electron chi connectivity index (χ4n) is 1.34. The largest absolute Gasteiger partial charge is 0.493 e. The number of benzene rings is 1. The van der Waals surface area contributed by atoms with Gasteiger partial charge in [0, 0.05) is 0 Å². The molecule has 0 radical (unpaired) electrons. The Balaban J connectivity index is 2.45. The number of nitrogens with zero attached hydrogens (tertiary/aromatic N) is 2. The molecule has 0 aliphatic carbocycles. The molecule has 0 fully saturated rings. The summed E-state index contributed by atoms with van der Waals surface area (Å²) in [5.41, 5.74) is -0.483. The molecule has 3 N–H and O–H groups in total. The molecule has 1 aromatic heterocycles. The highest BCUT2D eigenvalue weighted by Gasteiger charge is 2.07. The molecule has 0 aliphatic heterocycles. The van der Waals surface area contributed by atoms with Crippen molar-refractivity contribution in [2.75, 3.05) is 0 Å². The lowest BCUT2D eigenvalue weighted by molar-refractivity contribution is 0.450. The average Bonchev–Trinajstić information content (AvgIpc) is 2.30. The van der Waals surface area contributed by atoms with E-state index in [9.17, 15) is 14.7 Å². The lowest BCUT2D eigenvalue weighted by Gasteiger charge is -1.97. The van der Waals surface area contributed by atoms with Crippen LogP contribution >= 0.6 is 0 Å². The maximum Gasteiger partial charge on any atom is 0.328 e. The summed E-state index contributed by atoms with van der Waals surface area (Å²) in [6.07, 6.45) is 0. The number of azo groups is 1. The lowest BCUT2D eigenvalue weighted by atomic mass is 10.2. The third-order valence-electron chi connectivity index (χ3n) is 2.27. The number of aryl methyl sites for hydroxylation is 1. The number of H-pyrrole nitrogens is 2. The van der Waals surface area contributed by atoms with E-state index in [2.05, 4.69) is 10.2 Å². The summed E-state index contributed by atoms with van der Waals surface area (Å²) < 4.78 is 0. The van der Waals surface area contributed by atoms with Gasteiger partial charge in [0.05, 0.1) is 5.69 Å². The molecular weight excluding hydrogens is 236 g/mol. The van der Waals surface area contributed by atoms with Gasteiger partial charge in [-0.2, -0.15) is 0 Å². The van der Waals surface area contributed by atoms with Crippen molar-refractivity contribution in [1.29, 1.82) is 0 Å². The van der Waals surface area contributed by atoms with Gasteiger partial charge in [0.15, 0.2) is 0 Å². The van der Waals surface area contributed by atoms with E-state index in [1.165, 1.54) is 0 Å². The molecule has 0 unspecified atom stereocenters. The van der Waals surface area contributed by atoms with E-state index in [1.54, 1.807) is 12.1 Å². The summed E-state index contributed by atoms with van der Waals surface area (Å²) in [5, 5.41) is 16.9. The second-order valence-electron chi connectivity index (χ2n) is 3.59. The second-order valence-corrected chi connectivity index (χ2v) is 3.59. The number of aromatic amines is 2. The predicted octanol–water partition coefficient (Wildman–Crippen LogP) is 1.49. The molecule has 2 rings (SSSR count). The van der Waals surface area contributed by atoms with Crippen LogP contribution in [0.3, 0.4) is 0 Å². The molecule has 0 bridgehead atoms. The van der Waals surface area contributed by atoms with Crippen LogP contribution in [0.4, 0.5) is 11.4 Å². The monoisotopic (exact) mass is 246 g/mol. The van der Waals surface area contributed by atoms with E-state index >= 15 is 0 Å². The highest BCUT2D eigenvalue weighted by atomic mass is 16.3. The van der Waals surface area contributed by atoms with E-state index < -0.39 is 17.1 Å². The van der Waals surface area contributed by atoms with Crippen LogP contribution in [-0.4, -0.2) is 15.1 Å². The van der Waals surface area contributed by atoms with E-state index in [1.807, 2.05) is 29.0 Å². The van der Waals surface area contributed by atoms with Crippen LogP contribution in [0.25, 0.3) is 0 Å². The fourth-order valence-corrected chi connectivity index (χ4v) is 1.34. The van der Waals surface area contributed by atoms with E-state index in [-0.39, 0.29) is 5.69 Å². The zero-order chi connectivity index (χ0) is 13.1. The van der Waals surface area contributed by atoms with Crippen molar-refractivity contribution in [2.45, 2.75) is 6.92 Å². The van der Waals surface area contributed by atoms with Gasteiger partial charge in [0.25, 0.3) is 5.56 Å². The normalized spacial score (nSPS) is 10.9. The van der Waals surface area contributed by atoms with Gasteiger partial charge in [-0.3, -0.25) is 14.8 Å². The van der Waals surface area contributed by atoms with Crippen LogP contribution in [-0.2, 0) is 0 Å². The molecule has 7 nitrogen and oxygen atoms in total. The van der Waals surface area contributed by atoms with Crippen molar-refractivity contribution in [3.05, 3.63) is 50.7 Å². The Morgan fingerprint density at radius 3 is 2.50 bits per heavy atom. The first-order valence-corrected chi connectivity index (χ1v) is 5.11. The van der Waals surface area contributed by atoms with Crippen molar-refractivity contribution in [2.24, 2.45) is 10.2 Å². The van der Waals surface area contributed by atoms with Crippen molar-refractivity contribution < 1.29 is 5.11 Å². The molecule has 2 aromatic rings. The third-order valence-corrected chi connectivity index (χ3v) is 2.27. The number of nitrogens with one attached hydrogen (secondary N) is 2. The summed E-state index contributed by atoms with van der Waals surface area (Å²) in [6, 6.07) is 7.18. The molecule has 7 heteroatoms. The maximum absolute atomic E-state index is 11.4. The first-order valence-electron chi connectivity index (χ1n) is 5.11. The molecule has 0 amide bonds. The molecule has 0 atom stereocenters. The minimum atomic E-state index is -0.799. The van der Waals surface area contributed by atoms with Gasteiger partial charge in [-0.05, 0) is 18.6 Å². The van der Waals surface area contributed by atoms with Crippen LogP contribution in [0.1, 0.15) is 5.56 Å². The van der Waals surface area contributed by atoms with E-state index in [4.69, 9.17) is 0 Å². The SMILES string of the molecule is Cc1ccccc1N=Nc1c(O)[nH]c(=O)[nH]c1=O. The third kappa shape index (κ3) is 2.34. The molecule has 1 aromatic carbocycles. The van der Waals surface area contributed by atoms with Crippen LogP contribution in [0, 0.1) is 6.92 Å². The molecule has 92 valence electrons. The summed E-state index contributed by atoms with van der Waals surface area (Å²) >= 11 is 0. The Labute approximate surface area is 101 Å². The topological polar surface area (TPSA) is 111 Å². The average molecular weight is 246 g/mol. The van der Waals surface area contributed by atoms with Crippen LogP contribution < -0.4 is 11.2 Å². The van der Waals surface area contributed by atoms with Crippen molar-refractivity contribution >= 4 is 11.4 Å². The minimum Gasteiger partial charge on any atom is -0.493 e. The molecule has 18 heavy (non-hydrogen) atoms. The van der Waals surface area contributed by atoms with Gasteiger partial charge >= 0.3 is 5.69 Å². The molecular formula is C11H10N4O3. The van der Waals surface area contributed by atoms with E-state index in [0.717, 1.165) is 5.56 Å². The van der Waals surface area contributed by atoms with Gasteiger partial charge in [-0.15, -0.1) is 10.2 Å². The van der Waals surface area contributed by atoms with Gasteiger partial charge in [0.1, 0.15) is 0 Å². The zero-order valence-electron chi connectivity index (χ0n) is 9.47. The van der Waals surface area contributed by atoms with Crippen molar-refractivity contribution in [1.82, 2.24) is 9.97 Å². The van der Waals surface area contributed by atoms with Crippen molar-refractivity contribution in [3.63, 3.8) is 0 Å². The van der Waals surface area contributed by atoms with Crippen molar-refractivity contribution in [3.8, 4) is 5.88 Å². The Hall–Kier alpha value is -2.70. The smallest absolute Gasteiger partial charge is 0.328 e. The summed E-state index contributed by atoms with van der Waals surface area (Å²) in [5.74, 6) is -0.610. The Kier molecular flexibility index (Phi) is 3.05. The molecule has 0 saturated carbocycles. The van der Waals surface area contributed by atoms with Crippen LogP contribution in [0.5, 0.6) is 5.88 Å². The highest BCUT2D eigenvalue weighted by Crippen LogP contribution is 2.22. The molecule has 1 heterocycles. The number of aromatic nitrogens is 2. The van der Waals surface area contributed by atoms with Gasteiger partial charge in [0.2, 0.25) is 11.6 Å². The standard InChI is InChI=1S/C11H10N4O3/c1-6-4-2-3-5-7(6)14-15-8-9(16)12-11(18)13-10(8)17/h2-5H,1H3,(H3,12,13,16,17,18). The molecule has 0 aliphatic rings. The Bertz CT molecular complexity index is 715. The summed E-state index contributed by atoms with van der Waals surface area (Å²) in [7, 11) is 0. The molecule has 0 saturated heterocycles. The van der Waals surface area contributed by atoms with Gasteiger partial charge < -0.3 is 5.11 Å². The zero-order valence-corrected chi connectivity index (χ0v) is 9.47. The highest BCUT2D eigenvalue weighted by molar-refractivity contribution is 5.47. The Morgan fingerprint density at radius 2 is 1.83 bits per heavy atom. The second kappa shape index (κ2) is 4.66. The van der Waals surface area contributed by atoms with Crippen LogP contribution in [0.2, 0.25) is 0 Å². The first kappa shape index (κ1) is 11.8. The number of hydrogen-bond acceptors (Lipinski definition) is 5. The number of aromatic hydroxyl groups is 1. The fraction of sp³-hybridized carbons (Fsp3) is 0.0909. The van der Waals surface area contributed by atoms with Gasteiger partial charge in [-0.1, -0.05) is 18.2 Å². The quantitative estimate of drug-likeness (QED) is 0.698. The number of hydrogen-bond donors (Lipinski definition) is 3. The maximum atomic E-state index is 11.4. The van der Waals surface area contributed by atoms with E-state index in [0.29, 0.717) is 5.69 Å². The Morgan fingerprint density at radius 1 is 1.11 bits per heavy atom. The lowest BCUT2D eigenvalue weighted by Crippen LogP contribution is -2.20. The molecule has 0 spiro atoms. The van der Waals surface area contributed by atoms with Gasteiger partial charge in [-0.25, -0.2) is 4.79 Å². The predicted molar refractivity (Wildman–Crippen MR) is 64.7 cm³/mol. The summed E-state index contributed by atoms with van der Waals surface area (Å²) in [6.45, 7) is 1.84. The number of rotatable bonds is 2.